The van der Waals surface area contributed by atoms with Crippen LogP contribution in [-0.2, 0) is 14.9 Å². The maximum absolute atomic E-state index is 13.5. The van der Waals surface area contributed by atoms with Crippen molar-refractivity contribution in [3.8, 4) is 0 Å². The van der Waals surface area contributed by atoms with Crippen LogP contribution in [0.4, 0.5) is 0 Å². The maximum atomic E-state index is 13.5. The number of hydrogen-bond donors (Lipinski definition) is 1. The number of carbonyl (C=O) groups is 2. The standard InChI is InChI=1S/C26H27ClN2O3/c1-5-26(4)15-29(24(30)17-9-8-10-18(27)13-17)14-20(25(31)32-16(2)3)23-22(26)19-11-6-7-12-21(19)28-23/h6-14,16,28H,5,15H2,1-4H3. The summed E-state index contributed by atoms with van der Waals surface area (Å²) >= 11 is 6.14. The Morgan fingerprint density at radius 1 is 1.19 bits per heavy atom. The average molecular weight is 451 g/mol. The number of nitrogens with one attached hydrogen (secondary N) is 1. The highest BCUT2D eigenvalue weighted by Crippen LogP contribution is 2.42. The third-order valence-corrected chi connectivity index (χ3v) is 6.29. The zero-order valence-corrected chi connectivity index (χ0v) is 19.5. The van der Waals surface area contributed by atoms with E-state index in [0.29, 0.717) is 28.4 Å². The van der Waals surface area contributed by atoms with Gasteiger partial charge in [-0.2, -0.15) is 0 Å². The third kappa shape index (κ3) is 3.93. The third-order valence-electron chi connectivity index (χ3n) is 6.06. The SMILES string of the molecule is CCC1(C)CN(C(=O)c2cccc(Cl)c2)C=C(C(=O)OC(C)C)c2[nH]c3ccccc3c21. The van der Waals surface area contributed by atoms with Crippen LogP contribution < -0.4 is 0 Å². The molecule has 166 valence electrons. The van der Waals surface area contributed by atoms with Crippen molar-refractivity contribution in [1.82, 2.24) is 9.88 Å². The summed E-state index contributed by atoms with van der Waals surface area (Å²) < 4.78 is 5.57. The van der Waals surface area contributed by atoms with Crippen molar-refractivity contribution < 1.29 is 14.3 Å². The van der Waals surface area contributed by atoms with Gasteiger partial charge < -0.3 is 14.6 Å². The van der Waals surface area contributed by atoms with E-state index in [2.05, 4.69) is 24.9 Å². The number of nitrogens with zero attached hydrogens (tertiary/aromatic N) is 1. The van der Waals surface area contributed by atoms with Crippen molar-refractivity contribution in [2.24, 2.45) is 0 Å². The highest BCUT2D eigenvalue weighted by atomic mass is 35.5. The highest BCUT2D eigenvalue weighted by molar-refractivity contribution is 6.31. The molecule has 0 aliphatic carbocycles. The Hall–Kier alpha value is -3.05. The summed E-state index contributed by atoms with van der Waals surface area (Å²) in [6.07, 6.45) is 2.12. The lowest BCUT2D eigenvalue weighted by Crippen LogP contribution is -2.38. The van der Waals surface area contributed by atoms with Crippen molar-refractivity contribution in [2.75, 3.05) is 6.54 Å². The van der Waals surface area contributed by atoms with Crippen LogP contribution in [0, 0.1) is 0 Å². The lowest BCUT2D eigenvalue weighted by atomic mass is 9.77. The fraction of sp³-hybridized carbons (Fsp3) is 0.308. The van der Waals surface area contributed by atoms with Crippen molar-refractivity contribution in [2.45, 2.75) is 45.6 Å². The number of carbonyl (C=O) groups excluding carboxylic acids is 2. The number of halogens is 1. The Morgan fingerprint density at radius 2 is 1.94 bits per heavy atom. The van der Waals surface area contributed by atoms with Crippen molar-refractivity contribution >= 4 is 40.0 Å². The smallest absolute Gasteiger partial charge is 0.342 e. The highest BCUT2D eigenvalue weighted by Gasteiger charge is 2.39. The van der Waals surface area contributed by atoms with Crippen LogP contribution in [0.5, 0.6) is 0 Å². The molecule has 0 saturated carbocycles. The molecule has 0 bridgehead atoms. The number of H-pyrrole nitrogens is 1. The van der Waals surface area contributed by atoms with E-state index >= 15 is 0 Å². The van der Waals surface area contributed by atoms with Gasteiger partial charge in [0.05, 0.1) is 17.4 Å². The van der Waals surface area contributed by atoms with Crippen LogP contribution in [-0.4, -0.2) is 34.4 Å². The minimum atomic E-state index is -0.461. The Morgan fingerprint density at radius 3 is 2.62 bits per heavy atom. The van der Waals surface area contributed by atoms with E-state index in [-0.39, 0.29) is 17.4 Å². The average Bonchev–Trinajstić information content (AvgIpc) is 3.09. The van der Waals surface area contributed by atoms with Crippen molar-refractivity contribution in [1.29, 1.82) is 0 Å². The molecule has 0 radical (unpaired) electrons. The predicted molar refractivity (Wildman–Crippen MR) is 128 cm³/mol. The molecular formula is C26H27ClN2O3. The quantitative estimate of drug-likeness (QED) is 0.500. The molecule has 1 N–H and O–H groups in total. The molecule has 3 aromatic rings. The molecule has 6 heteroatoms. The monoisotopic (exact) mass is 450 g/mol. The van der Waals surface area contributed by atoms with E-state index in [1.807, 2.05) is 32.0 Å². The largest absolute Gasteiger partial charge is 0.459 e. The van der Waals surface area contributed by atoms with Gasteiger partial charge in [0.15, 0.2) is 0 Å². The van der Waals surface area contributed by atoms with E-state index < -0.39 is 5.97 Å². The number of amides is 1. The minimum Gasteiger partial charge on any atom is -0.459 e. The summed E-state index contributed by atoms with van der Waals surface area (Å²) in [5.41, 5.74) is 3.12. The number of aromatic amines is 1. The molecule has 2 aromatic carbocycles. The lowest BCUT2D eigenvalue weighted by molar-refractivity contribution is -0.140. The number of rotatable bonds is 4. The van der Waals surface area contributed by atoms with Gasteiger partial charge in [0.1, 0.15) is 0 Å². The summed E-state index contributed by atoms with van der Waals surface area (Å²) in [4.78, 5) is 31.7. The van der Waals surface area contributed by atoms with E-state index in [0.717, 1.165) is 22.9 Å². The molecule has 1 unspecified atom stereocenters. The summed E-state index contributed by atoms with van der Waals surface area (Å²) in [5, 5.41) is 1.54. The predicted octanol–water partition coefficient (Wildman–Crippen LogP) is 5.94. The Balaban J connectivity index is 1.93. The second-order valence-electron chi connectivity index (χ2n) is 8.78. The fourth-order valence-electron chi connectivity index (χ4n) is 4.33. The zero-order valence-electron chi connectivity index (χ0n) is 18.7. The Bertz CT molecular complexity index is 1230. The summed E-state index contributed by atoms with van der Waals surface area (Å²) in [6, 6.07) is 14.9. The number of benzene rings is 2. The molecule has 0 fully saturated rings. The summed E-state index contributed by atoms with van der Waals surface area (Å²) in [6.45, 7) is 8.28. The van der Waals surface area contributed by atoms with Crippen molar-refractivity contribution in [3.63, 3.8) is 0 Å². The van der Waals surface area contributed by atoms with E-state index in [9.17, 15) is 9.59 Å². The number of ether oxygens (including phenoxy) is 1. The zero-order chi connectivity index (χ0) is 23.0. The van der Waals surface area contributed by atoms with Crippen molar-refractivity contribution in [3.05, 3.63) is 76.6 Å². The van der Waals surface area contributed by atoms with Gasteiger partial charge in [0, 0.05) is 39.6 Å². The number of fused-ring (bicyclic) bond motifs is 3. The molecule has 32 heavy (non-hydrogen) atoms. The lowest BCUT2D eigenvalue weighted by Gasteiger charge is -2.32. The van der Waals surface area contributed by atoms with Gasteiger partial charge in [-0.05, 0) is 50.1 Å². The Kier molecular flexibility index (Phi) is 5.87. The Labute approximate surface area is 193 Å². The first-order valence-corrected chi connectivity index (χ1v) is 11.2. The first kappa shape index (κ1) is 22.2. The molecule has 1 aliphatic rings. The topological polar surface area (TPSA) is 62.4 Å². The molecule has 2 heterocycles. The van der Waals surface area contributed by atoms with Gasteiger partial charge in [0.2, 0.25) is 0 Å². The van der Waals surface area contributed by atoms with Crippen LogP contribution in [0.3, 0.4) is 0 Å². The van der Waals surface area contributed by atoms with Gasteiger partial charge in [-0.3, -0.25) is 4.79 Å². The van der Waals surface area contributed by atoms with Crippen LogP contribution in [0.15, 0.2) is 54.7 Å². The van der Waals surface area contributed by atoms with E-state index in [1.54, 1.807) is 35.4 Å². The fourth-order valence-corrected chi connectivity index (χ4v) is 4.52. The van der Waals surface area contributed by atoms with Crippen LogP contribution in [0.1, 0.15) is 55.7 Å². The molecule has 0 saturated heterocycles. The molecule has 1 aromatic heterocycles. The maximum Gasteiger partial charge on any atom is 0.342 e. The second-order valence-corrected chi connectivity index (χ2v) is 9.21. The molecular weight excluding hydrogens is 424 g/mol. The summed E-state index contributed by atoms with van der Waals surface area (Å²) in [7, 11) is 0. The van der Waals surface area contributed by atoms with Crippen LogP contribution in [0.25, 0.3) is 16.5 Å². The molecule has 4 rings (SSSR count). The van der Waals surface area contributed by atoms with Gasteiger partial charge >= 0.3 is 5.97 Å². The van der Waals surface area contributed by atoms with Gasteiger partial charge in [-0.1, -0.05) is 49.7 Å². The van der Waals surface area contributed by atoms with Gasteiger partial charge in [-0.15, -0.1) is 0 Å². The number of esters is 1. The molecule has 0 spiro atoms. The molecule has 5 nitrogen and oxygen atoms in total. The molecule has 1 aliphatic heterocycles. The van der Waals surface area contributed by atoms with Crippen LogP contribution >= 0.6 is 11.6 Å². The first-order valence-electron chi connectivity index (χ1n) is 10.8. The van der Waals surface area contributed by atoms with Gasteiger partial charge in [0.25, 0.3) is 5.91 Å². The second kappa shape index (κ2) is 8.47. The van der Waals surface area contributed by atoms with Gasteiger partial charge in [-0.25, -0.2) is 4.79 Å². The number of hydrogen-bond acceptors (Lipinski definition) is 3. The first-order chi connectivity index (χ1) is 15.2. The number of para-hydroxylation sites is 1. The number of aromatic nitrogens is 1. The minimum absolute atomic E-state index is 0.212. The molecule has 1 amide bonds. The van der Waals surface area contributed by atoms with E-state index in [1.165, 1.54) is 0 Å². The normalized spacial score (nSPS) is 18.3. The summed E-state index contributed by atoms with van der Waals surface area (Å²) in [5.74, 6) is -0.673. The van der Waals surface area contributed by atoms with E-state index in [4.69, 9.17) is 16.3 Å². The van der Waals surface area contributed by atoms with Crippen LogP contribution in [0.2, 0.25) is 5.02 Å². The molecule has 1 atom stereocenters.